The molecule has 0 spiro atoms. The molecule has 0 aliphatic carbocycles. The molecule has 1 aromatic carbocycles. The molecule has 1 aromatic heterocycles. The van der Waals surface area contributed by atoms with Crippen LogP contribution < -0.4 is 5.73 Å². The van der Waals surface area contributed by atoms with Gasteiger partial charge in [0.2, 0.25) is 0 Å². The summed E-state index contributed by atoms with van der Waals surface area (Å²) in [6.07, 6.45) is 5.65. The van der Waals surface area contributed by atoms with Crippen LogP contribution in [0.15, 0.2) is 48.7 Å². The predicted octanol–water partition coefficient (Wildman–Crippen LogP) is 2.83. The first-order valence-corrected chi connectivity index (χ1v) is 4.79. The van der Waals surface area contributed by atoms with Gasteiger partial charge in [0.05, 0.1) is 17.6 Å². The molecule has 0 unspecified atom stereocenters. The molecule has 15 heavy (non-hydrogen) atoms. The number of rotatable bonds is 2. The zero-order valence-electron chi connectivity index (χ0n) is 8.30. The summed E-state index contributed by atoms with van der Waals surface area (Å²) in [6, 6.07) is 13.9. The number of benzene rings is 1. The van der Waals surface area contributed by atoms with Crippen molar-refractivity contribution in [3.05, 3.63) is 59.9 Å². The third-order valence-corrected chi connectivity index (χ3v) is 2.06. The van der Waals surface area contributed by atoms with Gasteiger partial charge < -0.3 is 5.73 Å². The Balaban J connectivity index is 2.15. The number of pyridine rings is 1. The monoisotopic (exact) mass is 196 g/mol. The average Bonchev–Trinajstić information content (AvgIpc) is 2.30. The van der Waals surface area contributed by atoms with Crippen molar-refractivity contribution in [2.45, 2.75) is 0 Å². The smallest absolute Gasteiger partial charge is 0.0631 e. The molecule has 1 heterocycles. The minimum atomic E-state index is 0.687. The number of aromatic nitrogens is 1. The molecule has 2 heteroatoms. The molecule has 0 aliphatic rings. The summed E-state index contributed by atoms with van der Waals surface area (Å²) >= 11 is 0. The van der Waals surface area contributed by atoms with Crippen molar-refractivity contribution in [2.75, 3.05) is 5.73 Å². The summed E-state index contributed by atoms with van der Waals surface area (Å²) < 4.78 is 0. The van der Waals surface area contributed by atoms with Crippen LogP contribution >= 0.6 is 0 Å². The average molecular weight is 196 g/mol. The van der Waals surface area contributed by atoms with Gasteiger partial charge in [-0.15, -0.1) is 0 Å². The SMILES string of the molecule is Nc1ccc(C=Cc2ccccc2)nc1. The van der Waals surface area contributed by atoms with Gasteiger partial charge in [0, 0.05) is 0 Å². The fourth-order valence-electron chi connectivity index (χ4n) is 1.26. The third-order valence-electron chi connectivity index (χ3n) is 2.06. The van der Waals surface area contributed by atoms with Crippen LogP contribution in [0.1, 0.15) is 11.3 Å². The number of nitrogens with two attached hydrogens (primary N) is 1. The highest BCUT2D eigenvalue weighted by molar-refractivity contribution is 5.68. The van der Waals surface area contributed by atoms with Crippen LogP contribution in [0.2, 0.25) is 0 Å². The molecule has 2 N–H and O–H groups in total. The van der Waals surface area contributed by atoms with E-state index in [0.29, 0.717) is 5.69 Å². The maximum atomic E-state index is 5.55. The molecular weight excluding hydrogens is 184 g/mol. The maximum absolute atomic E-state index is 5.55. The van der Waals surface area contributed by atoms with E-state index in [4.69, 9.17) is 5.73 Å². The second-order valence-corrected chi connectivity index (χ2v) is 3.26. The molecule has 0 saturated heterocycles. The standard InChI is InChI=1S/C13H12N2/c14-12-7-9-13(15-10-12)8-6-11-4-2-1-3-5-11/h1-10H,14H2. The lowest BCUT2D eigenvalue weighted by Gasteiger charge is -1.94. The van der Waals surface area contributed by atoms with Crippen LogP contribution in [0.3, 0.4) is 0 Å². The Morgan fingerprint density at radius 2 is 1.73 bits per heavy atom. The molecule has 0 aliphatic heterocycles. The Morgan fingerprint density at radius 3 is 2.40 bits per heavy atom. The molecule has 0 amide bonds. The highest BCUT2D eigenvalue weighted by Crippen LogP contribution is 2.07. The number of hydrogen-bond acceptors (Lipinski definition) is 2. The Bertz CT molecular complexity index is 444. The minimum absolute atomic E-state index is 0.687. The lowest BCUT2D eigenvalue weighted by molar-refractivity contribution is 1.30. The fraction of sp³-hybridized carbons (Fsp3) is 0. The normalized spacial score (nSPS) is 10.7. The Kier molecular flexibility index (Phi) is 2.79. The molecule has 74 valence electrons. The van der Waals surface area contributed by atoms with Gasteiger partial charge in [-0.1, -0.05) is 36.4 Å². The first-order chi connectivity index (χ1) is 7.34. The fourth-order valence-corrected chi connectivity index (χ4v) is 1.26. The first kappa shape index (κ1) is 9.46. The van der Waals surface area contributed by atoms with Crippen molar-refractivity contribution in [1.82, 2.24) is 4.98 Å². The third kappa shape index (κ3) is 2.68. The Morgan fingerprint density at radius 1 is 0.933 bits per heavy atom. The van der Waals surface area contributed by atoms with E-state index >= 15 is 0 Å². The Hall–Kier alpha value is -2.09. The van der Waals surface area contributed by atoms with Gasteiger partial charge in [0.1, 0.15) is 0 Å². The van der Waals surface area contributed by atoms with Crippen LogP contribution in [-0.4, -0.2) is 4.98 Å². The molecule has 2 aromatic rings. The predicted molar refractivity (Wildman–Crippen MR) is 64.0 cm³/mol. The summed E-state index contributed by atoms with van der Waals surface area (Å²) in [5.41, 5.74) is 8.31. The van der Waals surface area contributed by atoms with Crippen LogP contribution in [0.4, 0.5) is 5.69 Å². The molecule has 0 bridgehead atoms. The maximum Gasteiger partial charge on any atom is 0.0631 e. The van der Waals surface area contributed by atoms with Crippen molar-refractivity contribution in [2.24, 2.45) is 0 Å². The zero-order chi connectivity index (χ0) is 10.5. The van der Waals surface area contributed by atoms with E-state index in [2.05, 4.69) is 4.98 Å². The number of hydrogen-bond donors (Lipinski definition) is 1. The van der Waals surface area contributed by atoms with Crippen LogP contribution in [0, 0.1) is 0 Å². The van der Waals surface area contributed by atoms with Gasteiger partial charge in [0.15, 0.2) is 0 Å². The molecule has 0 saturated carbocycles. The van der Waals surface area contributed by atoms with E-state index in [-0.39, 0.29) is 0 Å². The van der Waals surface area contributed by atoms with Crippen molar-refractivity contribution >= 4 is 17.8 Å². The van der Waals surface area contributed by atoms with Crippen LogP contribution in [-0.2, 0) is 0 Å². The molecule has 0 atom stereocenters. The largest absolute Gasteiger partial charge is 0.397 e. The summed E-state index contributed by atoms with van der Waals surface area (Å²) in [5.74, 6) is 0. The molecule has 0 fully saturated rings. The van der Waals surface area contributed by atoms with Crippen molar-refractivity contribution < 1.29 is 0 Å². The van der Waals surface area contributed by atoms with E-state index in [1.807, 2.05) is 54.6 Å². The second-order valence-electron chi connectivity index (χ2n) is 3.26. The van der Waals surface area contributed by atoms with Crippen LogP contribution in [0.5, 0.6) is 0 Å². The summed E-state index contributed by atoms with van der Waals surface area (Å²) in [4.78, 5) is 4.18. The zero-order valence-corrected chi connectivity index (χ0v) is 8.30. The number of nitrogen functional groups attached to an aromatic ring is 1. The van der Waals surface area contributed by atoms with Crippen LogP contribution in [0.25, 0.3) is 12.2 Å². The van der Waals surface area contributed by atoms with Crippen molar-refractivity contribution in [3.63, 3.8) is 0 Å². The molecule has 0 radical (unpaired) electrons. The van der Waals surface area contributed by atoms with E-state index in [0.717, 1.165) is 11.3 Å². The van der Waals surface area contributed by atoms with Gasteiger partial charge in [0.25, 0.3) is 0 Å². The van der Waals surface area contributed by atoms with Crippen molar-refractivity contribution in [3.8, 4) is 0 Å². The Labute approximate surface area is 89.1 Å². The lowest BCUT2D eigenvalue weighted by Crippen LogP contribution is -1.86. The van der Waals surface area contributed by atoms with Gasteiger partial charge in [-0.25, -0.2) is 0 Å². The van der Waals surface area contributed by atoms with E-state index in [1.165, 1.54) is 0 Å². The van der Waals surface area contributed by atoms with E-state index in [1.54, 1.807) is 6.20 Å². The first-order valence-electron chi connectivity index (χ1n) is 4.79. The quantitative estimate of drug-likeness (QED) is 0.802. The second kappa shape index (κ2) is 4.42. The molecule has 2 rings (SSSR count). The minimum Gasteiger partial charge on any atom is -0.397 e. The number of anilines is 1. The molecule has 2 nitrogen and oxygen atoms in total. The highest BCUT2D eigenvalue weighted by Gasteiger charge is 1.88. The van der Waals surface area contributed by atoms with Gasteiger partial charge in [-0.05, 0) is 23.8 Å². The number of nitrogens with zero attached hydrogens (tertiary/aromatic N) is 1. The van der Waals surface area contributed by atoms with Gasteiger partial charge in [-0.2, -0.15) is 0 Å². The topological polar surface area (TPSA) is 38.9 Å². The van der Waals surface area contributed by atoms with Gasteiger partial charge >= 0.3 is 0 Å². The summed E-state index contributed by atoms with van der Waals surface area (Å²) in [7, 11) is 0. The van der Waals surface area contributed by atoms with Crippen molar-refractivity contribution in [1.29, 1.82) is 0 Å². The van der Waals surface area contributed by atoms with Gasteiger partial charge in [-0.3, -0.25) is 4.98 Å². The highest BCUT2D eigenvalue weighted by atomic mass is 14.7. The summed E-state index contributed by atoms with van der Waals surface area (Å²) in [5, 5.41) is 0. The lowest BCUT2D eigenvalue weighted by atomic mass is 10.2. The molecular formula is C13H12N2. The van der Waals surface area contributed by atoms with E-state index < -0.39 is 0 Å². The van der Waals surface area contributed by atoms with E-state index in [9.17, 15) is 0 Å². The summed E-state index contributed by atoms with van der Waals surface area (Å²) in [6.45, 7) is 0.